The van der Waals surface area contributed by atoms with Crippen LogP contribution < -0.4 is 4.74 Å². The number of aromatic nitrogens is 3. The zero-order chi connectivity index (χ0) is 16.6. The van der Waals surface area contributed by atoms with E-state index in [1.54, 1.807) is 31.5 Å². The molecule has 0 saturated heterocycles. The van der Waals surface area contributed by atoms with Crippen molar-refractivity contribution < 1.29 is 8.95 Å². The average Bonchev–Trinajstić information content (AvgIpc) is 2.92. The molecule has 0 spiro atoms. The molecule has 2 aromatic heterocycles. The van der Waals surface area contributed by atoms with E-state index >= 15 is 0 Å². The predicted octanol–water partition coefficient (Wildman–Crippen LogP) is 3.89. The van der Waals surface area contributed by atoms with Gasteiger partial charge in [0.15, 0.2) is 5.16 Å². The molecular weight excluding hydrogens is 357 g/mol. The standard InChI is InChI=1S/C15H13Cl2N3O2S/c1-8-13(18-4-3-14(8)22-2)7-23(21)15-19-11-5-9(16)10(17)6-12(11)20-15/h3-6H,7H2,1-2H3,(H,19,20). The van der Waals surface area contributed by atoms with E-state index < -0.39 is 10.8 Å². The van der Waals surface area contributed by atoms with Gasteiger partial charge in [-0.1, -0.05) is 23.2 Å². The van der Waals surface area contributed by atoms with E-state index in [9.17, 15) is 4.21 Å². The number of ether oxygens (including phenoxy) is 1. The third-order valence-electron chi connectivity index (χ3n) is 3.46. The van der Waals surface area contributed by atoms with Gasteiger partial charge < -0.3 is 9.72 Å². The molecule has 3 aromatic rings. The highest BCUT2D eigenvalue weighted by Crippen LogP contribution is 2.27. The van der Waals surface area contributed by atoms with Crippen molar-refractivity contribution in [3.05, 3.63) is 45.7 Å². The molecule has 0 aliphatic carbocycles. The maximum Gasteiger partial charge on any atom is 0.197 e. The first-order chi connectivity index (χ1) is 11.0. The topological polar surface area (TPSA) is 67.9 Å². The number of aromatic amines is 1. The van der Waals surface area contributed by atoms with Crippen LogP contribution in [0.25, 0.3) is 11.0 Å². The van der Waals surface area contributed by atoms with E-state index in [2.05, 4.69) is 15.0 Å². The third kappa shape index (κ3) is 3.20. The lowest BCUT2D eigenvalue weighted by molar-refractivity contribution is 0.410. The first-order valence-corrected chi connectivity index (χ1v) is 8.78. The Balaban J connectivity index is 1.92. The van der Waals surface area contributed by atoms with E-state index in [-0.39, 0.29) is 5.75 Å². The molecular formula is C15H13Cl2N3O2S. The van der Waals surface area contributed by atoms with E-state index in [1.807, 2.05) is 6.92 Å². The molecule has 0 aliphatic rings. The summed E-state index contributed by atoms with van der Waals surface area (Å²) in [6.07, 6.45) is 1.64. The van der Waals surface area contributed by atoms with E-state index in [1.165, 1.54) is 0 Å². The van der Waals surface area contributed by atoms with Gasteiger partial charge in [0, 0.05) is 11.8 Å². The Labute approximate surface area is 145 Å². The Morgan fingerprint density at radius 3 is 2.78 bits per heavy atom. The van der Waals surface area contributed by atoms with Crippen molar-refractivity contribution in [3.8, 4) is 5.75 Å². The van der Waals surface area contributed by atoms with Crippen LogP contribution in [-0.4, -0.2) is 26.3 Å². The number of nitrogens with one attached hydrogen (secondary N) is 1. The monoisotopic (exact) mass is 369 g/mol. The second-order valence-electron chi connectivity index (χ2n) is 4.90. The van der Waals surface area contributed by atoms with Gasteiger partial charge in [-0.2, -0.15) is 0 Å². The summed E-state index contributed by atoms with van der Waals surface area (Å²) in [7, 11) is 0.221. The van der Waals surface area contributed by atoms with Crippen LogP contribution in [0.4, 0.5) is 0 Å². The van der Waals surface area contributed by atoms with E-state index in [4.69, 9.17) is 27.9 Å². The Hall–Kier alpha value is -1.63. The van der Waals surface area contributed by atoms with Gasteiger partial charge in [0.1, 0.15) is 5.75 Å². The summed E-state index contributed by atoms with van der Waals surface area (Å²) in [6, 6.07) is 5.08. The molecule has 1 unspecified atom stereocenters. The van der Waals surface area contributed by atoms with Crippen LogP contribution in [0.3, 0.4) is 0 Å². The SMILES string of the molecule is COc1ccnc(CS(=O)c2nc3cc(Cl)c(Cl)cc3[nH]2)c1C. The minimum absolute atomic E-state index is 0.240. The van der Waals surface area contributed by atoms with Crippen molar-refractivity contribution in [3.63, 3.8) is 0 Å². The predicted molar refractivity (Wildman–Crippen MR) is 91.8 cm³/mol. The second-order valence-corrected chi connectivity index (χ2v) is 7.08. The highest BCUT2D eigenvalue weighted by Gasteiger charge is 2.15. The van der Waals surface area contributed by atoms with Crippen LogP contribution in [0.2, 0.25) is 10.0 Å². The molecule has 23 heavy (non-hydrogen) atoms. The number of hydrogen-bond donors (Lipinski definition) is 1. The van der Waals surface area contributed by atoms with Gasteiger partial charge in [0.2, 0.25) is 0 Å². The smallest absolute Gasteiger partial charge is 0.197 e. The van der Waals surface area contributed by atoms with Gasteiger partial charge in [-0.3, -0.25) is 9.19 Å². The van der Waals surface area contributed by atoms with Crippen molar-refractivity contribution in [1.82, 2.24) is 15.0 Å². The summed E-state index contributed by atoms with van der Waals surface area (Å²) in [5, 5.41) is 1.20. The molecule has 2 heterocycles. The number of H-pyrrole nitrogens is 1. The minimum atomic E-state index is -1.37. The van der Waals surface area contributed by atoms with Gasteiger partial charge in [0.25, 0.3) is 0 Å². The number of halogens is 2. The first kappa shape index (κ1) is 16.2. The van der Waals surface area contributed by atoms with Crippen LogP contribution in [-0.2, 0) is 16.6 Å². The molecule has 0 aliphatic heterocycles. The van der Waals surface area contributed by atoms with Crippen LogP contribution in [0.1, 0.15) is 11.3 Å². The summed E-state index contributed by atoms with van der Waals surface area (Å²) in [6.45, 7) is 1.89. The average molecular weight is 370 g/mol. The number of hydrogen-bond acceptors (Lipinski definition) is 4. The molecule has 0 amide bonds. The molecule has 1 N–H and O–H groups in total. The highest BCUT2D eigenvalue weighted by molar-refractivity contribution is 7.84. The molecule has 1 atom stereocenters. The summed E-state index contributed by atoms with van der Waals surface area (Å²) < 4.78 is 17.8. The summed E-state index contributed by atoms with van der Waals surface area (Å²) in [5.74, 6) is 0.958. The van der Waals surface area contributed by atoms with Crippen LogP contribution in [0, 0.1) is 6.92 Å². The maximum absolute atomic E-state index is 12.6. The Bertz CT molecular complexity index is 872. The Morgan fingerprint density at radius 2 is 2.04 bits per heavy atom. The third-order valence-corrected chi connectivity index (χ3v) is 5.35. The Kier molecular flexibility index (Phi) is 4.57. The van der Waals surface area contributed by atoms with Crippen molar-refractivity contribution >= 4 is 45.0 Å². The zero-order valence-corrected chi connectivity index (χ0v) is 14.7. The van der Waals surface area contributed by atoms with E-state index in [0.717, 1.165) is 11.3 Å². The number of pyridine rings is 1. The molecule has 3 rings (SSSR count). The second kappa shape index (κ2) is 6.47. The van der Waals surface area contributed by atoms with Crippen LogP contribution >= 0.6 is 23.2 Å². The lowest BCUT2D eigenvalue weighted by atomic mass is 10.2. The fourth-order valence-corrected chi connectivity index (χ4v) is 3.63. The molecule has 120 valence electrons. The lowest BCUT2D eigenvalue weighted by Crippen LogP contribution is -2.03. The van der Waals surface area contributed by atoms with Gasteiger partial charge >= 0.3 is 0 Å². The van der Waals surface area contributed by atoms with Gasteiger partial charge in [-0.15, -0.1) is 0 Å². The molecule has 0 bridgehead atoms. The van der Waals surface area contributed by atoms with Crippen molar-refractivity contribution in [1.29, 1.82) is 0 Å². The van der Waals surface area contributed by atoms with Crippen LogP contribution in [0.15, 0.2) is 29.6 Å². The minimum Gasteiger partial charge on any atom is -0.496 e. The molecule has 0 radical (unpaired) electrons. The van der Waals surface area contributed by atoms with Crippen molar-refractivity contribution in [2.45, 2.75) is 17.8 Å². The number of imidazole rings is 1. The lowest BCUT2D eigenvalue weighted by Gasteiger charge is -2.08. The molecule has 8 heteroatoms. The summed E-state index contributed by atoms with van der Waals surface area (Å²) >= 11 is 12.0. The molecule has 0 saturated carbocycles. The fourth-order valence-electron chi connectivity index (χ4n) is 2.21. The number of rotatable bonds is 4. The van der Waals surface area contributed by atoms with Crippen molar-refractivity contribution in [2.24, 2.45) is 0 Å². The normalized spacial score (nSPS) is 12.5. The quantitative estimate of drug-likeness (QED) is 0.757. The molecule has 0 fully saturated rings. The summed E-state index contributed by atoms with van der Waals surface area (Å²) in [5.41, 5.74) is 2.89. The first-order valence-electron chi connectivity index (χ1n) is 6.71. The van der Waals surface area contributed by atoms with Crippen molar-refractivity contribution in [2.75, 3.05) is 7.11 Å². The molecule has 1 aromatic carbocycles. The zero-order valence-electron chi connectivity index (χ0n) is 12.4. The van der Waals surface area contributed by atoms with E-state index in [0.29, 0.717) is 31.9 Å². The number of methoxy groups -OCH3 is 1. The van der Waals surface area contributed by atoms with Gasteiger partial charge in [-0.25, -0.2) is 4.98 Å². The van der Waals surface area contributed by atoms with Crippen LogP contribution in [0.5, 0.6) is 5.75 Å². The largest absolute Gasteiger partial charge is 0.496 e. The maximum atomic E-state index is 12.6. The highest BCUT2D eigenvalue weighted by atomic mass is 35.5. The molecule has 5 nitrogen and oxygen atoms in total. The number of fused-ring (bicyclic) bond motifs is 1. The number of benzene rings is 1. The Morgan fingerprint density at radius 1 is 1.30 bits per heavy atom. The van der Waals surface area contributed by atoms with Gasteiger partial charge in [-0.05, 0) is 25.1 Å². The number of nitrogens with zero attached hydrogens (tertiary/aromatic N) is 2. The van der Waals surface area contributed by atoms with Gasteiger partial charge in [0.05, 0.1) is 50.4 Å². The summed E-state index contributed by atoms with van der Waals surface area (Å²) in [4.78, 5) is 11.6. The fraction of sp³-hybridized carbons (Fsp3) is 0.200.